The molecule has 0 unspecified atom stereocenters. The van der Waals surface area contributed by atoms with Crippen molar-refractivity contribution in [1.29, 1.82) is 0 Å². The Balaban J connectivity index is 0.00000242. The largest absolute Gasteiger partial charge is 0.434 e. The first-order chi connectivity index (χ1) is 9.90. The minimum atomic E-state index is -2.86. The van der Waals surface area contributed by atoms with Crippen molar-refractivity contribution < 1.29 is 18.3 Å². The van der Waals surface area contributed by atoms with Crippen LogP contribution in [0.3, 0.4) is 0 Å². The van der Waals surface area contributed by atoms with Crippen LogP contribution < -0.4 is 10.1 Å². The van der Waals surface area contributed by atoms with Crippen LogP contribution in [0.5, 0.6) is 5.75 Å². The van der Waals surface area contributed by atoms with E-state index in [1.807, 2.05) is 6.92 Å². The topological polar surface area (TPSA) is 41.6 Å². The lowest BCUT2D eigenvalue weighted by molar-refractivity contribution is -0.0507. The molecule has 1 aromatic carbocycles. The second kappa shape index (κ2) is 7.74. The van der Waals surface area contributed by atoms with Crippen LogP contribution in [0.1, 0.15) is 28.4 Å². The van der Waals surface area contributed by atoms with Crippen molar-refractivity contribution in [2.45, 2.75) is 33.4 Å². The summed E-state index contributed by atoms with van der Waals surface area (Å²) in [5.41, 5.74) is 1.60. The van der Waals surface area contributed by atoms with Crippen LogP contribution >= 0.6 is 12.4 Å². The maximum atomic E-state index is 12.6. The quantitative estimate of drug-likeness (QED) is 0.924. The third-order valence-electron chi connectivity index (χ3n) is 3.68. The summed E-state index contributed by atoms with van der Waals surface area (Å²) in [6, 6.07) is 3.34. The van der Waals surface area contributed by atoms with Crippen molar-refractivity contribution in [3.63, 3.8) is 0 Å². The molecule has 1 heterocycles. The lowest BCUT2D eigenvalue weighted by atomic mass is 10.0. The molecule has 1 aromatic rings. The molecule has 1 atom stereocenters. The van der Waals surface area contributed by atoms with E-state index in [9.17, 15) is 13.6 Å². The molecule has 4 nitrogen and oxygen atoms in total. The summed E-state index contributed by atoms with van der Waals surface area (Å²) in [6.07, 6.45) is 0. The van der Waals surface area contributed by atoms with Crippen molar-refractivity contribution in [1.82, 2.24) is 10.2 Å². The van der Waals surface area contributed by atoms with Gasteiger partial charge in [-0.2, -0.15) is 8.78 Å². The van der Waals surface area contributed by atoms with Crippen molar-refractivity contribution >= 4 is 18.3 Å². The molecule has 0 spiro atoms. The van der Waals surface area contributed by atoms with Gasteiger partial charge < -0.3 is 15.0 Å². The smallest absolute Gasteiger partial charge is 0.387 e. The Kier molecular flexibility index (Phi) is 6.56. The fraction of sp³-hybridized carbons (Fsp3) is 0.533. The van der Waals surface area contributed by atoms with Gasteiger partial charge in [-0.1, -0.05) is 0 Å². The van der Waals surface area contributed by atoms with E-state index in [0.29, 0.717) is 23.2 Å². The molecule has 2 rings (SSSR count). The Morgan fingerprint density at radius 2 is 1.95 bits per heavy atom. The molecule has 1 aliphatic rings. The summed E-state index contributed by atoms with van der Waals surface area (Å²) in [6.45, 7) is 4.63. The second-order valence-corrected chi connectivity index (χ2v) is 5.37. The predicted molar refractivity (Wildman–Crippen MR) is 83.2 cm³/mol. The first-order valence-corrected chi connectivity index (χ1v) is 6.98. The number of piperazine rings is 1. The number of carbonyl (C=O) groups excluding carboxylic acids is 1. The van der Waals surface area contributed by atoms with E-state index in [1.165, 1.54) is 0 Å². The zero-order valence-corrected chi connectivity index (χ0v) is 13.7. The van der Waals surface area contributed by atoms with Gasteiger partial charge in [0.2, 0.25) is 0 Å². The Labute approximate surface area is 135 Å². The van der Waals surface area contributed by atoms with Crippen molar-refractivity contribution in [3.05, 3.63) is 28.8 Å². The van der Waals surface area contributed by atoms with Gasteiger partial charge in [0.15, 0.2) is 0 Å². The molecule has 0 saturated carbocycles. The van der Waals surface area contributed by atoms with Crippen LogP contribution in [-0.4, -0.2) is 43.1 Å². The van der Waals surface area contributed by atoms with Gasteiger partial charge in [-0.05, 0) is 44.0 Å². The van der Waals surface area contributed by atoms with E-state index in [-0.39, 0.29) is 30.1 Å². The summed E-state index contributed by atoms with van der Waals surface area (Å²) in [5, 5.41) is 3.23. The fourth-order valence-electron chi connectivity index (χ4n) is 2.66. The maximum Gasteiger partial charge on any atom is 0.387 e. The van der Waals surface area contributed by atoms with Crippen LogP contribution in [0.2, 0.25) is 0 Å². The number of halogens is 3. The summed E-state index contributed by atoms with van der Waals surface area (Å²) < 4.78 is 29.3. The summed E-state index contributed by atoms with van der Waals surface area (Å²) in [7, 11) is 0. The minimum Gasteiger partial charge on any atom is -0.434 e. The van der Waals surface area contributed by atoms with Crippen LogP contribution in [0.4, 0.5) is 8.78 Å². The van der Waals surface area contributed by atoms with Crippen molar-refractivity contribution in [2.24, 2.45) is 0 Å². The highest BCUT2D eigenvalue weighted by Gasteiger charge is 2.25. The normalized spacial score (nSPS) is 18.1. The van der Waals surface area contributed by atoms with Crippen molar-refractivity contribution in [3.8, 4) is 5.75 Å². The third kappa shape index (κ3) is 4.08. The van der Waals surface area contributed by atoms with Gasteiger partial charge in [-0.25, -0.2) is 0 Å². The van der Waals surface area contributed by atoms with E-state index in [1.54, 1.807) is 30.9 Å². The fourth-order valence-corrected chi connectivity index (χ4v) is 2.66. The predicted octanol–water partition coefficient (Wildman–Crippen LogP) is 2.76. The molecule has 124 valence electrons. The van der Waals surface area contributed by atoms with E-state index in [0.717, 1.165) is 13.1 Å². The summed E-state index contributed by atoms with van der Waals surface area (Å²) >= 11 is 0. The molecule has 7 heteroatoms. The molecule has 22 heavy (non-hydrogen) atoms. The highest BCUT2D eigenvalue weighted by Crippen LogP contribution is 2.27. The van der Waals surface area contributed by atoms with Crippen LogP contribution in [0.15, 0.2) is 12.1 Å². The molecule has 1 fully saturated rings. The number of hydrogen-bond acceptors (Lipinski definition) is 3. The minimum absolute atomic E-state index is 0. The average Bonchev–Trinajstić information content (AvgIpc) is 2.42. The number of amides is 1. The molecule has 1 aliphatic heterocycles. The molecular weight excluding hydrogens is 314 g/mol. The zero-order valence-electron chi connectivity index (χ0n) is 12.9. The standard InChI is InChI=1S/C15H20F2N2O2.ClH/c1-9-6-12(7-10(2)13(9)21-15(16)17)14(20)19-5-4-18-8-11(19)3;/h6-7,11,15,18H,4-5,8H2,1-3H3;1H/t11-;/m0./s1. The molecule has 1 amide bonds. The van der Waals surface area contributed by atoms with E-state index < -0.39 is 6.61 Å². The van der Waals surface area contributed by atoms with Gasteiger partial charge in [-0.3, -0.25) is 4.79 Å². The average molecular weight is 335 g/mol. The monoisotopic (exact) mass is 334 g/mol. The highest BCUT2D eigenvalue weighted by molar-refractivity contribution is 5.95. The SMILES string of the molecule is Cc1cc(C(=O)N2CCNC[C@@H]2C)cc(C)c1OC(F)F.Cl. The van der Waals surface area contributed by atoms with Gasteiger partial charge in [0, 0.05) is 31.2 Å². The lowest BCUT2D eigenvalue weighted by Crippen LogP contribution is -2.52. The second-order valence-electron chi connectivity index (χ2n) is 5.37. The van der Waals surface area contributed by atoms with Gasteiger partial charge in [0.25, 0.3) is 5.91 Å². The number of rotatable bonds is 3. The highest BCUT2D eigenvalue weighted by atomic mass is 35.5. The molecule has 0 bridgehead atoms. The van der Waals surface area contributed by atoms with Gasteiger partial charge in [0.05, 0.1) is 0 Å². The Hall–Kier alpha value is -1.40. The zero-order chi connectivity index (χ0) is 15.6. The number of hydrogen-bond donors (Lipinski definition) is 1. The van der Waals surface area contributed by atoms with E-state index in [4.69, 9.17) is 0 Å². The Bertz CT molecular complexity index is 517. The third-order valence-corrected chi connectivity index (χ3v) is 3.68. The number of benzene rings is 1. The lowest BCUT2D eigenvalue weighted by Gasteiger charge is -2.34. The van der Waals surface area contributed by atoms with Gasteiger partial charge in [0.1, 0.15) is 5.75 Å². The molecule has 0 aromatic heterocycles. The molecule has 0 aliphatic carbocycles. The van der Waals surface area contributed by atoms with Crippen molar-refractivity contribution in [2.75, 3.05) is 19.6 Å². The molecular formula is C15H21ClF2N2O2. The van der Waals surface area contributed by atoms with Gasteiger partial charge in [-0.15, -0.1) is 12.4 Å². The summed E-state index contributed by atoms with van der Waals surface area (Å²) in [5.74, 6) is 0.0775. The Morgan fingerprint density at radius 3 is 2.45 bits per heavy atom. The van der Waals surface area contributed by atoms with Crippen LogP contribution in [0, 0.1) is 13.8 Å². The first-order valence-electron chi connectivity index (χ1n) is 6.98. The number of aryl methyl sites for hydroxylation is 2. The number of ether oxygens (including phenoxy) is 1. The van der Waals surface area contributed by atoms with E-state index in [2.05, 4.69) is 10.1 Å². The van der Waals surface area contributed by atoms with Crippen LogP contribution in [0.25, 0.3) is 0 Å². The number of nitrogens with zero attached hydrogens (tertiary/aromatic N) is 1. The van der Waals surface area contributed by atoms with E-state index >= 15 is 0 Å². The van der Waals surface area contributed by atoms with Crippen LogP contribution in [-0.2, 0) is 0 Å². The molecule has 0 radical (unpaired) electrons. The number of carbonyl (C=O) groups is 1. The summed E-state index contributed by atoms with van der Waals surface area (Å²) in [4.78, 5) is 14.4. The number of nitrogens with one attached hydrogen (secondary N) is 1. The van der Waals surface area contributed by atoms with Gasteiger partial charge >= 0.3 is 6.61 Å². The first kappa shape index (κ1) is 18.6. The maximum absolute atomic E-state index is 12.6. The molecule has 1 N–H and O–H groups in total. The number of alkyl halides is 2. The molecule has 1 saturated heterocycles. The Morgan fingerprint density at radius 1 is 1.36 bits per heavy atom.